The van der Waals surface area contributed by atoms with Crippen molar-refractivity contribution in [1.29, 1.82) is 0 Å². The summed E-state index contributed by atoms with van der Waals surface area (Å²) >= 11 is 4.87. The Hall–Kier alpha value is -0.890. The molecule has 2 rings (SSSR count). The van der Waals surface area contributed by atoms with Crippen LogP contribution in [0.3, 0.4) is 0 Å². The fourth-order valence-electron chi connectivity index (χ4n) is 1.72. The van der Waals surface area contributed by atoms with Crippen LogP contribution in [0.15, 0.2) is 45.1 Å². The fourth-order valence-corrected chi connectivity index (χ4v) is 4.21. The molecule has 2 N–H and O–H groups in total. The van der Waals surface area contributed by atoms with Gasteiger partial charge < -0.3 is 5.32 Å². The lowest BCUT2D eigenvalue weighted by molar-refractivity contribution is 0.582. The number of hydrogen-bond acceptors (Lipinski definition) is 4. The van der Waals surface area contributed by atoms with Crippen LogP contribution < -0.4 is 10.0 Å². The smallest absolute Gasteiger partial charge is 0.240 e. The first-order valence-corrected chi connectivity index (χ1v) is 9.73. The molecule has 0 amide bonds. The first-order chi connectivity index (χ1) is 10.0. The standard InChI is InChI=1S/C14H17BrN2O2S2/c1-2-7-16-12-3-5-14(6-4-12)21(18,19)17-9-13-8-11(15)10-20-13/h3-6,8,10,16-17H,2,7,9H2,1H3. The Morgan fingerprint density at radius 3 is 2.52 bits per heavy atom. The van der Waals surface area contributed by atoms with Crippen molar-refractivity contribution in [2.75, 3.05) is 11.9 Å². The molecular formula is C14H17BrN2O2S2. The van der Waals surface area contributed by atoms with Gasteiger partial charge in [-0.15, -0.1) is 11.3 Å². The molecule has 0 bridgehead atoms. The van der Waals surface area contributed by atoms with Crippen LogP contribution in [0.25, 0.3) is 0 Å². The molecule has 0 saturated carbocycles. The van der Waals surface area contributed by atoms with E-state index < -0.39 is 10.0 Å². The number of benzene rings is 1. The maximum Gasteiger partial charge on any atom is 0.240 e. The second kappa shape index (κ2) is 7.40. The van der Waals surface area contributed by atoms with Crippen molar-refractivity contribution in [1.82, 2.24) is 4.72 Å². The molecule has 1 aromatic carbocycles. The van der Waals surface area contributed by atoms with E-state index in [1.807, 2.05) is 11.4 Å². The summed E-state index contributed by atoms with van der Waals surface area (Å²) < 4.78 is 28.0. The van der Waals surface area contributed by atoms with Crippen molar-refractivity contribution in [3.05, 3.63) is 45.1 Å². The van der Waals surface area contributed by atoms with Crippen LogP contribution in [0.5, 0.6) is 0 Å². The molecule has 0 spiro atoms. The summed E-state index contributed by atoms with van der Waals surface area (Å²) in [7, 11) is -3.47. The van der Waals surface area contributed by atoms with E-state index in [-0.39, 0.29) is 4.90 Å². The van der Waals surface area contributed by atoms with Gasteiger partial charge in [0, 0.05) is 33.5 Å². The first kappa shape index (κ1) is 16.5. The van der Waals surface area contributed by atoms with E-state index in [0.29, 0.717) is 6.54 Å². The van der Waals surface area contributed by atoms with Gasteiger partial charge in [0.05, 0.1) is 4.90 Å². The van der Waals surface area contributed by atoms with Gasteiger partial charge in [-0.1, -0.05) is 6.92 Å². The van der Waals surface area contributed by atoms with Crippen molar-refractivity contribution in [2.45, 2.75) is 24.8 Å². The zero-order valence-corrected chi connectivity index (χ0v) is 14.8. The third kappa shape index (κ3) is 4.81. The minimum absolute atomic E-state index is 0.278. The van der Waals surface area contributed by atoms with E-state index in [4.69, 9.17) is 0 Å². The average molecular weight is 389 g/mol. The molecule has 0 saturated heterocycles. The van der Waals surface area contributed by atoms with Crippen molar-refractivity contribution in [2.24, 2.45) is 0 Å². The Balaban J connectivity index is 2.01. The molecule has 7 heteroatoms. The molecule has 0 radical (unpaired) electrons. The van der Waals surface area contributed by atoms with Gasteiger partial charge in [-0.3, -0.25) is 0 Å². The number of sulfonamides is 1. The normalized spacial score (nSPS) is 11.5. The first-order valence-electron chi connectivity index (χ1n) is 6.58. The zero-order chi connectivity index (χ0) is 15.3. The molecule has 1 aromatic heterocycles. The lowest BCUT2D eigenvalue weighted by Crippen LogP contribution is -2.22. The molecular weight excluding hydrogens is 372 g/mol. The Labute approximate surface area is 137 Å². The van der Waals surface area contributed by atoms with Crippen LogP contribution in [0, 0.1) is 0 Å². The van der Waals surface area contributed by atoms with Gasteiger partial charge in [-0.05, 0) is 52.7 Å². The third-order valence-corrected chi connectivity index (χ3v) is 5.92. The number of nitrogens with one attached hydrogen (secondary N) is 2. The number of rotatable bonds is 7. The van der Waals surface area contributed by atoms with Gasteiger partial charge in [0.2, 0.25) is 10.0 Å². The van der Waals surface area contributed by atoms with Gasteiger partial charge in [-0.2, -0.15) is 0 Å². The summed E-state index contributed by atoms with van der Waals surface area (Å²) in [4.78, 5) is 1.24. The Morgan fingerprint density at radius 2 is 1.95 bits per heavy atom. The average Bonchev–Trinajstić information content (AvgIpc) is 2.89. The number of hydrogen-bond donors (Lipinski definition) is 2. The zero-order valence-electron chi connectivity index (χ0n) is 11.6. The van der Waals surface area contributed by atoms with Gasteiger partial charge in [0.15, 0.2) is 0 Å². The van der Waals surface area contributed by atoms with Crippen LogP contribution in [0.2, 0.25) is 0 Å². The molecule has 0 aliphatic heterocycles. The number of anilines is 1. The van der Waals surface area contributed by atoms with E-state index in [1.54, 1.807) is 24.3 Å². The van der Waals surface area contributed by atoms with Crippen molar-refractivity contribution in [3.63, 3.8) is 0 Å². The van der Waals surface area contributed by atoms with E-state index >= 15 is 0 Å². The van der Waals surface area contributed by atoms with Crippen LogP contribution in [0.4, 0.5) is 5.69 Å². The molecule has 0 unspecified atom stereocenters. The Bertz CT molecular complexity index is 681. The maximum absolute atomic E-state index is 12.2. The lowest BCUT2D eigenvalue weighted by Gasteiger charge is -2.08. The van der Waals surface area contributed by atoms with Gasteiger partial charge in [0.1, 0.15) is 0 Å². The van der Waals surface area contributed by atoms with E-state index in [1.165, 1.54) is 11.3 Å². The monoisotopic (exact) mass is 388 g/mol. The summed E-state index contributed by atoms with van der Waals surface area (Å²) in [6, 6.07) is 8.71. The molecule has 0 fully saturated rings. The van der Waals surface area contributed by atoms with Crippen molar-refractivity contribution in [3.8, 4) is 0 Å². The molecule has 114 valence electrons. The minimum atomic E-state index is -3.47. The molecule has 0 atom stereocenters. The molecule has 1 heterocycles. The summed E-state index contributed by atoms with van der Waals surface area (Å²) in [6.45, 7) is 3.25. The molecule has 0 aliphatic carbocycles. The summed E-state index contributed by atoms with van der Waals surface area (Å²) in [6.07, 6.45) is 1.03. The molecule has 4 nitrogen and oxygen atoms in total. The SMILES string of the molecule is CCCNc1ccc(S(=O)(=O)NCc2cc(Br)cs2)cc1. The predicted molar refractivity (Wildman–Crippen MR) is 91.3 cm³/mol. The van der Waals surface area contributed by atoms with Crippen LogP contribution in [-0.4, -0.2) is 15.0 Å². The van der Waals surface area contributed by atoms with E-state index in [9.17, 15) is 8.42 Å². The van der Waals surface area contributed by atoms with E-state index in [2.05, 4.69) is 32.9 Å². The maximum atomic E-state index is 12.2. The van der Waals surface area contributed by atoms with Gasteiger partial charge >= 0.3 is 0 Å². The van der Waals surface area contributed by atoms with Crippen LogP contribution >= 0.6 is 27.3 Å². The largest absolute Gasteiger partial charge is 0.385 e. The number of halogens is 1. The summed E-state index contributed by atoms with van der Waals surface area (Å²) in [5.74, 6) is 0. The highest BCUT2D eigenvalue weighted by Gasteiger charge is 2.13. The fraction of sp³-hybridized carbons (Fsp3) is 0.286. The lowest BCUT2D eigenvalue weighted by atomic mass is 10.3. The topological polar surface area (TPSA) is 58.2 Å². The molecule has 0 aliphatic rings. The van der Waals surface area contributed by atoms with E-state index in [0.717, 1.165) is 28.0 Å². The van der Waals surface area contributed by atoms with Crippen LogP contribution in [0.1, 0.15) is 18.2 Å². The van der Waals surface area contributed by atoms with Gasteiger partial charge in [-0.25, -0.2) is 13.1 Å². The number of thiophene rings is 1. The Morgan fingerprint density at radius 1 is 1.24 bits per heavy atom. The highest BCUT2D eigenvalue weighted by atomic mass is 79.9. The van der Waals surface area contributed by atoms with Crippen molar-refractivity contribution >= 4 is 43.0 Å². The Kier molecular flexibility index (Phi) is 5.80. The molecule has 21 heavy (non-hydrogen) atoms. The summed E-state index contributed by atoms with van der Waals surface area (Å²) in [5, 5.41) is 5.14. The van der Waals surface area contributed by atoms with Gasteiger partial charge in [0.25, 0.3) is 0 Å². The highest BCUT2D eigenvalue weighted by molar-refractivity contribution is 9.10. The predicted octanol–water partition coefficient (Wildman–Crippen LogP) is 3.81. The minimum Gasteiger partial charge on any atom is -0.385 e. The third-order valence-electron chi connectivity index (χ3n) is 2.80. The van der Waals surface area contributed by atoms with Crippen molar-refractivity contribution < 1.29 is 8.42 Å². The second-order valence-corrected chi connectivity index (χ2v) is 8.19. The van der Waals surface area contributed by atoms with Crippen LogP contribution in [-0.2, 0) is 16.6 Å². The second-order valence-electron chi connectivity index (χ2n) is 4.51. The summed E-state index contributed by atoms with van der Waals surface area (Å²) in [5.41, 5.74) is 0.929. The highest BCUT2D eigenvalue weighted by Crippen LogP contribution is 2.20. The quantitative estimate of drug-likeness (QED) is 0.757. The molecule has 2 aromatic rings.